The van der Waals surface area contributed by atoms with Gasteiger partial charge in [0.1, 0.15) is 11.2 Å². The second kappa shape index (κ2) is 8.64. The molecule has 4 aromatic rings. The molecule has 0 atom stereocenters. The van der Waals surface area contributed by atoms with Gasteiger partial charge in [0.05, 0.1) is 18.7 Å². The normalized spacial score (nSPS) is 13.9. The minimum atomic E-state index is -1.02. The van der Waals surface area contributed by atoms with Crippen LogP contribution in [-0.2, 0) is 11.3 Å². The van der Waals surface area contributed by atoms with Gasteiger partial charge < -0.3 is 29.6 Å². The Bertz CT molecular complexity index is 1430. The lowest BCUT2D eigenvalue weighted by molar-refractivity contribution is -0.124. The van der Waals surface area contributed by atoms with Crippen molar-refractivity contribution < 1.29 is 28.8 Å². The van der Waals surface area contributed by atoms with Gasteiger partial charge in [0.15, 0.2) is 0 Å². The average molecular weight is 474 g/mol. The topological polar surface area (TPSA) is 136 Å². The Morgan fingerprint density at radius 3 is 2.51 bits per heavy atom. The van der Waals surface area contributed by atoms with Gasteiger partial charge in [-0.2, -0.15) is 0 Å². The molecule has 2 heterocycles. The molecule has 0 radical (unpaired) electrons. The maximum Gasteiger partial charge on any atom is 0.352 e. The summed E-state index contributed by atoms with van der Waals surface area (Å²) in [5.41, 5.74) is 1.52. The van der Waals surface area contributed by atoms with Crippen molar-refractivity contribution >= 4 is 28.7 Å². The fourth-order valence-corrected chi connectivity index (χ4v) is 3.98. The lowest BCUT2D eigenvalue weighted by Gasteiger charge is -2.16. The summed E-state index contributed by atoms with van der Waals surface area (Å²) in [5, 5.41) is 19.7. The zero-order valence-corrected chi connectivity index (χ0v) is 18.8. The number of benzene rings is 2. The third kappa shape index (κ3) is 4.21. The number of carboxylic acid groups (broad SMARTS) is 1. The number of nitrogens with one attached hydrogen (secondary N) is 2. The molecule has 1 aliphatic carbocycles. The first kappa shape index (κ1) is 22.2. The Kier molecular flexibility index (Phi) is 5.48. The number of rotatable bonds is 8. The van der Waals surface area contributed by atoms with E-state index < -0.39 is 17.4 Å². The summed E-state index contributed by atoms with van der Waals surface area (Å²) in [6, 6.07) is 17.7. The molecule has 10 nitrogen and oxygen atoms in total. The third-order valence-electron chi connectivity index (χ3n) is 6.04. The van der Waals surface area contributed by atoms with Gasteiger partial charge in [0.25, 0.3) is 11.8 Å². The van der Waals surface area contributed by atoms with Crippen LogP contribution in [0, 0.1) is 0 Å². The first-order valence-corrected chi connectivity index (χ1v) is 10.9. The molecular formula is C25H22N4O6. The molecule has 1 fully saturated rings. The van der Waals surface area contributed by atoms with Crippen LogP contribution in [0.5, 0.6) is 5.88 Å². The van der Waals surface area contributed by atoms with Crippen LogP contribution in [0.15, 0.2) is 65.2 Å². The number of nitrogens with zero attached hydrogens (tertiary/aromatic N) is 2. The predicted octanol–water partition coefficient (Wildman–Crippen LogP) is 2.90. The number of para-hydroxylation sites is 1. The highest BCUT2D eigenvalue weighted by atomic mass is 16.5. The fraction of sp³-hybridized carbons (Fsp3) is 0.200. The molecule has 0 bridgehead atoms. The van der Waals surface area contributed by atoms with Crippen molar-refractivity contribution in [3.63, 3.8) is 0 Å². The number of ether oxygens (including phenoxy) is 1. The van der Waals surface area contributed by atoms with Crippen molar-refractivity contribution in [2.24, 2.45) is 0 Å². The summed E-state index contributed by atoms with van der Waals surface area (Å²) in [7, 11) is 1.41. The third-order valence-corrected chi connectivity index (χ3v) is 6.04. The van der Waals surface area contributed by atoms with Crippen LogP contribution in [-0.4, -0.2) is 45.3 Å². The molecule has 1 saturated carbocycles. The number of methoxy groups -OCH3 is 1. The van der Waals surface area contributed by atoms with Crippen molar-refractivity contribution in [2.45, 2.75) is 24.9 Å². The van der Waals surface area contributed by atoms with E-state index in [0.717, 1.165) is 16.5 Å². The molecular weight excluding hydrogens is 452 g/mol. The quantitative estimate of drug-likeness (QED) is 0.357. The van der Waals surface area contributed by atoms with Gasteiger partial charge in [-0.25, -0.2) is 4.79 Å². The summed E-state index contributed by atoms with van der Waals surface area (Å²) >= 11 is 0. The molecule has 10 heteroatoms. The smallest absolute Gasteiger partial charge is 0.352 e. The summed E-state index contributed by atoms with van der Waals surface area (Å²) in [6.07, 6.45) is 1.04. The van der Waals surface area contributed by atoms with Gasteiger partial charge >= 0.3 is 5.97 Å². The van der Waals surface area contributed by atoms with Crippen LogP contribution in [0.1, 0.15) is 39.4 Å². The Labute approximate surface area is 199 Å². The van der Waals surface area contributed by atoms with E-state index in [9.17, 15) is 19.5 Å². The van der Waals surface area contributed by atoms with Crippen LogP contribution < -0.4 is 15.4 Å². The summed E-state index contributed by atoms with van der Waals surface area (Å²) in [5.74, 6) is -1.69. The number of amides is 2. The molecule has 3 N–H and O–H groups in total. The number of hydrogen-bond acceptors (Lipinski definition) is 6. The van der Waals surface area contributed by atoms with E-state index >= 15 is 0 Å². The molecule has 2 aromatic heterocycles. The number of aromatic carboxylic acids is 1. The SMILES string of the molecule is COc1cc(C(=O)NC2(C(=O)NCc3ccc(-n4c(C(=O)O)cc5ccccc54)cc3)CC2)on1. The highest BCUT2D eigenvalue weighted by Crippen LogP contribution is 2.36. The van der Waals surface area contributed by atoms with E-state index in [0.29, 0.717) is 18.5 Å². The molecule has 1 aliphatic rings. The largest absolute Gasteiger partial charge is 0.479 e. The van der Waals surface area contributed by atoms with E-state index in [1.807, 2.05) is 48.5 Å². The second-order valence-electron chi connectivity index (χ2n) is 8.35. The zero-order valence-electron chi connectivity index (χ0n) is 18.8. The molecule has 178 valence electrons. The minimum Gasteiger partial charge on any atom is -0.479 e. The maximum absolute atomic E-state index is 12.8. The van der Waals surface area contributed by atoms with Crippen LogP contribution in [0.4, 0.5) is 0 Å². The Morgan fingerprint density at radius 2 is 1.86 bits per heavy atom. The molecule has 0 spiro atoms. The van der Waals surface area contributed by atoms with Crippen molar-refractivity contribution in [3.8, 4) is 11.6 Å². The van der Waals surface area contributed by atoms with Crippen molar-refractivity contribution in [3.05, 3.63) is 77.7 Å². The van der Waals surface area contributed by atoms with E-state index in [1.165, 1.54) is 13.2 Å². The monoisotopic (exact) mass is 474 g/mol. The molecule has 0 aliphatic heterocycles. The van der Waals surface area contributed by atoms with Crippen LogP contribution in [0.25, 0.3) is 16.6 Å². The summed E-state index contributed by atoms with van der Waals surface area (Å²) in [4.78, 5) is 37.0. The standard InChI is InChI=1S/C25H22N4O6/c1-34-21-13-20(35-28-21)22(30)27-25(10-11-25)24(33)26-14-15-6-8-17(9-7-15)29-18-5-3-2-4-16(18)12-19(29)23(31)32/h2-9,12-13H,10-11,14H2,1H3,(H,26,33)(H,27,30)(H,31,32). The molecule has 2 aromatic carbocycles. The van der Waals surface area contributed by atoms with E-state index in [1.54, 1.807) is 10.6 Å². The van der Waals surface area contributed by atoms with Crippen molar-refractivity contribution in [1.29, 1.82) is 0 Å². The highest BCUT2D eigenvalue weighted by Gasteiger charge is 2.51. The average Bonchev–Trinajstić information content (AvgIpc) is 3.31. The minimum absolute atomic E-state index is 0.0326. The molecule has 0 saturated heterocycles. The Balaban J connectivity index is 1.26. The van der Waals surface area contributed by atoms with Crippen molar-refractivity contribution in [2.75, 3.05) is 7.11 Å². The molecule has 5 rings (SSSR count). The zero-order chi connectivity index (χ0) is 24.6. The molecule has 2 amide bonds. The van der Waals surface area contributed by atoms with Gasteiger partial charge in [-0.3, -0.25) is 9.59 Å². The second-order valence-corrected chi connectivity index (χ2v) is 8.35. The first-order valence-electron chi connectivity index (χ1n) is 10.9. The Hall–Kier alpha value is -4.60. The van der Waals surface area contributed by atoms with E-state index in [-0.39, 0.29) is 29.8 Å². The first-order chi connectivity index (χ1) is 16.9. The number of carbonyl (C=O) groups is 3. The Morgan fingerprint density at radius 1 is 1.11 bits per heavy atom. The van der Waals surface area contributed by atoms with Gasteiger partial charge in [-0.05, 0) is 47.8 Å². The highest BCUT2D eigenvalue weighted by molar-refractivity contribution is 5.99. The summed E-state index contributed by atoms with van der Waals surface area (Å²) in [6.45, 7) is 0.255. The van der Waals surface area contributed by atoms with Gasteiger partial charge in [0.2, 0.25) is 11.7 Å². The fourth-order valence-electron chi connectivity index (χ4n) is 3.98. The van der Waals surface area contributed by atoms with Gasteiger partial charge in [-0.15, -0.1) is 0 Å². The molecule has 0 unspecified atom stereocenters. The van der Waals surface area contributed by atoms with E-state index in [2.05, 4.69) is 15.8 Å². The predicted molar refractivity (Wildman–Crippen MR) is 125 cm³/mol. The van der Waals surface area contributed by atoms with E-state index in [4.69, 9.17) is 9.26 Å². The number of carbonyl (C=O) groups excluding carboxylic acids is 2. The lowest BCUT2D eigenvalue weighted by Crippen LogP contribution is -2.48. The van der Waals surface area contributed by atoms with Gasteiger partial charge in [-0.1, -0.05) is 30.3 Å². The lowest BCUT2D eigenvalue weighted by atomic mass is 10.1. The number of hydrogen-bond donors (Lipinski definition) is 3. The van der Waals surface area contributed by atoms with Crippen LogP contribution >= 0.6 is 0 Å². The van der Waals surface area contributed by atoms with Crippen LogP contribution in [0.2, 0.25) is 0 Å². The summed E-state index contributed by atoms with van der Waals surface area (Å²) < 4.78 is 11.5. The number of fused-ring (bicyclic) bond motifs is 1. The maximum atomic E-state index is 12.8. The van der Waals surface area contributed by atoms with Gasteiger partial charge in [0, 0.05) is 17.6 Å². The number of carboxylic acids is 1. The molecule has 35 heavy (non-hydrogen) atoms. The number of aromatic nitrogens is 2. The van der Waals surface area contributed by atoms with Crippen LogP contribution in [0.3, 0.4) is 0 Å². The van der Waals surface area contributed by atoms with Crippen molar-refractivity contribution in [1.82, 2.24) is 20.4 Å².